The summed E-state index contributed by atoms with van der Waals surface area (Å²) in [7, 11) is 0. The number of nitrogens with zero attached hydrogens (tertiary/aromatic N) is 1. The largest absolute Gasteiger partial charge is 0.508 e. The third-order valence-corrected chi connectivity index (χ3v) is 2.38. The van der Waals surface area contributed by atoms with Crippen molar-refractivity contribution in [3.63, 3.8) is 0 Å². The average molecular weight is 260 g/mol. The molecule has 5 nitrogen and oxygen atoms in total. The van der Waals surface area contributed by atoms with Gasteiger partial charge in [-0.3, -0.25) is 5.73 Å². The lowest BCUT2D eigenvalue weighted by atomic mass is 10.1. The molecule has 0 saturated carbocycles. The molecule has 5 heteroatoms. The molecular formula is C14H16N2O3. The number of ether oxygens (including phenoxy) is 1. The Morgan fingerprint density at radius 1 is 1.53 bits per heavy atom. The van der Waals surface area contributed by atoms with Gasteiger partial charge in [-0.05, 0) is 30.2 Å². The van der Waals surface area contributed by atoms with Crippen molar-refractivity contribution >= 4 is 12.0 Å². The maximum atomic E-state index is 11.7. The van der Waals surface area contributed by atoms with Crippen LogP contribution in [0.5, 0.6) is 5.75 Å². The van der Waals surface area contributed by atoms with Crippen LogP contribution in [0.4, 0.5) is 0 Å². The van der Waals surface area contributed by atoms with Gasteiger partial charge in [-0.15, -0.1) is 0 Å². The Morgan fingerprint density at radius 2 is 2.16 bits per heavy atom. The molecule has 0 bridgehead atoms. The van der Waals surface area contributed by atoms with E-state index in [9.17, 15) is 4.79 Å². The minimum Gasteiger partial charge on any atom is -0.508 e. The highest BCUT2D eigenvalue weighted by molar-refractivity contribution is 5.97. The van der Waals surface area contributed by atoms with Crippen LogP contribution in [0.15, 0.2) is 29.8 Å². The molecule has 0 spiro atoms. The number of phenols is 1. The molecule has 0 aliphatic carbocycles. The molecule has 0 fully saturated rings. The summed E-state index contributed by atoms with van der Waals surface area (Å²) in [5.74, 6) is -0.625. The fourth-order valence-corrected chi connectivity index (χ4v) is 1.42. The number of rotatable bonds is 5. The molecule has 100 valence electrons. The second-order valence-corrected chi connectivity index (χ2v) is 3.99. The molecule has 1 aromatic rings. The van der Waals surface area contributed by atoms with Crippen LogP contribution >= 0.6 is 0 Å². The first-order chi connectivity index (χ1) is 9.06. The zero-order valence-electron chi connectivity index (χ0n) is 10.7. The lowest BCUT2D eigenvalue weighted by molar-refractivity contribution is -0.143. The number of hydrogen-bond donors (Lipinski definition) is 2. The molecule has 0 aliphatic rings. The van der Waals surface area contributed by atoms with Crippen molar-refractivity contribution in [2.75, 3.05) is 0 Å². The maximum Gasteiger partial charge on any atom is 0.350 e. The van der Waals surface area contributed by atoms with Crippen LogP contribution in [0.25, 0.3) is 6.08 Å². The first-order valence-corrected chi connectivity index (χ1v) is 5.94. The van der Waals surface area contributed by atoms with E-state index in [0.717, 1.165) is 6.42 Å². The topological polar surface area (TPSA) is 96.3 Å². The fourth-order valence-electron chi connectivity index (χ4n) is 1.42. The summed E-state index contributed by atoms with van der Waals surface area (Å²) in [5, 5.41) is 18.1. The molecule has 0 heterocycles. The summed E-state index contributed by atoms with van der Waals surface area (Å²) >= 11 is 0. The van der Waals surface area contributed by atoms with Crippen molar-refractivity contribution < 1.29 is 14.6 Å². The van der Waals surface area contributed by atoms with Crippen molar-refractivity contribution in [2.24, 2.45) is 5.73 Å². The Bertz CT molecular complexity index is 500. The van der Waals surface area contributed by atoms with Gasteiger partial charge in [-0.25, -0.2) is 4.79 Å². The number of nitriles is 1. The number of benzene rings is 1. The maximum absolute atomic E-state index is 11.7. The normalized spacial score (nSPS) is 12.6. The monoisotopic (exact) mass is 260 g/mol. The third kappa shape index (κ3) is 4.82. The van der Waals surface area contributed by atoms with Gasteiger partial charge in [0.25, 0.3) is 0 Å². The van der Waals surface area contributed by atoms with Gasteiger partial charge in [0, 0.05) is 0 Å². The molecule has 0 radical (unpaired) electrons. The van der Waals surface area contributed by atoms with E-state index in [-0.39, 0.29) is 11.3 Å². The smallest absolute Gasteiger partial charge is 0.350 e. The number of esters is 1. The van der Waals surface area contributed by atoms with E-state index in [2.05, 4.69) is 0 Å². The highest BCUT2D eigenvalue weighted by Crippen LogP contribution is 2.13. The molecule has 0 saturated heterocycles. The predicted molar refractivity (Wildman–Crippen MR) is 70.7 cm³/mol. The number of hydrogen-bond acceptors (Lipinski definition) is 5. The van der Waals surface area contributed by atoms with Crippen molar-refractivity contribution in [3.05, 3.63) is 35.4 Å². The zero-order chi connectivity index (χ0) is 14.3. The third-order valence-electron chi connectivity index (χ3n) is 2.38. The molecular weight excluding hydrogens is 244 g/mol. The van der Waals surface area contributed by atoms with Crippen LogP contribution in [0.2, 0.25) is 0 Å². The van der Waals surface area contributed by atoms with Crippen molar-refractivity contribution in [2.45, 2.75) is 26.0 Å². The number of phenolic OH excluding ortho intramolecular Hbond substituents is 1. The molecule has 1 aromatic carbocycles. The Labute approximate surface area is 111 Å². The average Bonchev–Trinajstić information content (AvgIpc) is 2.38. The molecule has 0 amide bonds. The van der Waals surface area contributed by atoms with Gasteiger partial charge in [-0.2, -0.15) is 5.26 Å². The SMILES string of the molecule is CCCC(N)OC(=O)/C(C#N)=C/c1ccc(O)cc1. The Hall–Kier alpha value is -2.32. The summed E-state index contributed by atoms with van der Waals surface area (Å²) in [6, 6.07) is 7.89. The van der Waals surface area contributed by atoms with Crippen LogP contribution in [-0.2, 0) is 9.53 Å². The Balaban J connectivity index is 2.80. The van der Waals surface area contributed by atoms with E-state index in [4.69, 9.17) is 20.8 Å². The Morgan fingerprint density at radius 3 is 2.68 bits per heavy atom. The van der Waals surface area contributed by atoms with Gasteiger partial charge in [0.05, 0.1) is 0 Å². The molecule has 0 aromatic heterocycles. The molecule has 19 heavy (non-hydrogen) atoms. The van der Waals surface area contributed by atoms with E-state index in [1.807, 2.05) is 6.92 Å². The van der Waals surface area contributed by atoms with Gasteiger partial charge in [0.2, 0.25) is 0 Å². The summed E-state index contributed by atoms with van der Waals surface area (Å²) in [6.45, 7) is 1.92. The van der Waals surface area contributed by atoms with E-state index in [0.29, 0.717) is 12.0 Å². The van der Waals surface area contributed by atoms with E-state index >= 15 is 0 Å². The van der Waals surface area contributed by atoms with Crippen molar-refractivity contribution in [3.8, 4) is 11.8 Å². The second kappa shape index (κ2) is 7.19. The summed E-state index contributed by atoms with van der Waals surface area (Å²) in [5.41, 5.74) is 6.07. The predicted octanol–water partition coefficient (Wildman–Crippen LogP) is 1.93. The van der Waals surface area contributed by atoms with E-state index in [1.165, 1.54) is 18.2 Å². The van der Waals surface area contributed by atoms with Crippen LogP contribution in [0.1, 0.15) is 25.3 Å². The van der Waals surface area contributed by atoms with Crippen molar-refractivity contribution in [1.82, 2.24) is 0 Å². The lowest BCUT2D eigenvalue weighted by Crippen LogP contribution is -2.27. The van der Waals surface area contributed by atoms with E-state index < -0.39 is 12.2 Å². The van der Waals surface area contributed by atoms with Crippen LogP contribution in [0, 0.1) is 11.3 Å². The first kappa shape index (κ1) is 14.7. The minimum atomic E-state index is -0.739. The summed E-state index contributed by atoms with van der Waals surface area (Å²) in [6.07, 6.45) is 2.02. The fraction of sp³-hybridized carbons (Fsp3) is 0.286. The number of aromatic hydroxyl groups is 1. The molecule has 3 N–H and O–H groups in total. The van der Waals surface area contributed by atoms with Gasteiger partial charge in [-0.1, -0.05) is 25.5 Å². The van der Waals surface area contributed by atoms with Gasteiger partial charge >= 0.3 is 5.97 Å². The lowest BCUT2D eigenvalue weighted by Gasteiger charge is -2.11. The highest BCUT2D eigenvalue weighted by Gasteiger charge is 2.14. The number of nitrogens with two attached hydrogens (primary N) is 1. The molecule has 1 unspecified atom stereocenters. The van der Waals surface area contributed by atoms with E-state index in [1.54, 1.807) is 18.2 Å². The van der Waals surface area contributed by atoms with Crippen LogP contribution in [0.3, 0.4) is 0 Å². The first-order valence-electron chi connectivity index (χ1n) is 5.94. The number of carbonyl (C=O) groups is 1. The quantitative estimate of drug-likeness (QED) is 0.365. The minimum absolute atomic E-state index is 0.114. The molecule has 1 rings (SSSR count). The standard InChI is InChI=1S/C14H16N2O3/c1-2-3-13(16)19-14(18)11(9-15)8-10-4-6-12(17)7-5-10/h4-8,13,17H,2-3,16H2,1H3/b11-8+. The van der Waals surface area contributed by atoms with Crippen molar-refractivity contribution in [1.29, 1.82) is 5.26 Å². The van der Waals surface area contributed by atoms with Crippen LogP contribution in [-0.4, -0.2) is 17.3 Å². The van der Waals surface area contributed by atoms with Gasteiger partial charge < -0.3 is 9.84 Å². The Kier molecular flexibility index (Phi) is 5.58. The summed E-state index contributed by atoms with van der Waals surface area (Å²) < 4.78 is 4.94. The highest BCUT2D eigenvalue weighted by atomic mass is 16.6. The van der Waals surface area contributed by atoms with Gasteiger partial charge in [0.1, 0.15) is 17.4 Å². The molecule has 1 atom stereocenters. The zero-order valence-corrected chi connectivity index (χ0v) is 10.7. The van der Waals surface area contributed by atoms with Gasteiger partial charge in [0.15, 0.2) is 6.23 Å². The molecule has 0 aliphatic heterocycles. The second-order valence-electron chi connectivity index (χ2n) is 3.99. The van der Waals surface area contributed by atoms with Crippen LogP contribution < -0.4 is 5.73 Å². The number of carbonyl (C=O) groups excluding carboxylic acids is 1. The summed E-state index contributed by atoms with van der Waals surface area (Å²) in [4.78, 5) is 11.7.